The molecule has 1 aliphatic rings. The van der Waals surface area contributed by atoms with Gasteiger partial charge in [-0.25, -0.2) is 4.98 Å². The van der Waals surface area contributed by atoms with E-state index in [1.54, 1.807) is 0 Å². The van der Waals surface area contributed by atoms with E-state index in [9.17, 15) is 4.79 Å². The van der Waals surface area contributed by atoms with Crippen molar-refractivity contribution < 1.29 is 0 Å². The van der Waals surface area contributed by atoms with Crippen molar-refractivity contribution in [3.05, 3.63) is 27.6 Å². The van der Waals surface area contributed by atoms with Gasteiger partial charge in [-0.1, -0.05) is 19.3 Å². The first-order valence-corrected chi connectivity index (χ1v) is 7.41. The zero-order chi connectivity index (χ0) is 12.4. The molecule has 0 aromatic carbocycles. The molecule has 0 spiro atoms. The summed E-state index contributed by atoms with van der Waals surface area (Å²) in [5, 5.41) is 5.40. The summed E-state index contributed by atoms with van der Waals surface area (Å²) >= 11 is 1.44. The molecule has 96 valence electrons. The fourth-order valence-corrected chi connectivity index (χ4v) is 3.28. The second kappa shape index (κ2) is 5.20. The number of rotatable bonds is 3. The highest BCUT2D eigenvalue weighted by Gasteiger charge is 2.13. The summed E-state index contributed by atoms with van der Waals surface area (Å²) in [4.78, 5) is 19.1. The average Bonchev–Trinajstić information content (AvgIpc) is 2.86. The van der Waals surface area contributed by atoms with E-state index in [0.29, 0.717) is 12.6 Å². The van der Waals surface area contributed by atoms with Crippen LogP contribution in [0.3, 0.4) is 0 Å². The Balaban J connectivity index is 1.72. The molecule has 1 fully saturated rings. The monoisotopic (exact) mass is 263 g/mol. The van der Waals surface area contributed by atoms with Crippen LogP contribution < -0.4 is 10.9 Å². The van der Waals surface area contributed by atoms with Gasteiger partial charge >= 0.3 is 0 Å². The Kier molecular flexibility index (Phi) is 3.43. The van der Waals surface area contributed by atoms with Gasteiger partial charge in [0.25, 0.3) is 5.56 Å². The smallest absolute Gasteiger partial charge is 0.268 e. The largest absolute Gasteiger partial charge is 0.308 e. The predicted molar refractivity (Wildman–Crippen MR) is 74.0 cm³/mol. The van der Waals surface area contributed by atoms with Crippen LogP contribution in [0.5, 0.6) is 0 Å². The molecule has 5 heteroatoms. The average molecular weight is 263 g/mol. The third-order valence-electron chi connectivity index (χ3n) is 3.53. The molecule has 0 unspecified atom stereocenters. The van der Waals surface area contributed by atoms with Crippen LogP contribution in [0, 0.1) is 0 Å². The number of fused-ring (bicyclic) bond motifs is 1. The van der Waals surface area contributed by atoms with Crippen molar-refractivity contribution >= 4 is 21.6 Å². The molecule has 1 aliphatic carbocycles. The number of hydrogen-bond acceptors (Lipinski definition) is 4. The molecule has 18 heavy (non-hydrogen) atoms. The van der Waals surface area contributed by atoms with Crippen LogP contribution in [0.2, 0.25) is 0 Å². The van der Waals surface area contributed by atoms with Gasteiger partial charge in [0.15, 0.2) is 0 Å². The maximum atomic E-state index is 11.8. The van der Waals surface area contributed by atoms with Crippen LogP contribution in [0.4, 0.5) is 0 Å². The van der Waals surface area contributed by atoms with Gasteiger partial charge in [0, 0.05) is 6.04 Å². The molecule has 0 aliphatic heterocycles. The van der Waals surface area contributed by atoms with E-state index in [4.69, 9.17) is 0 Å². The van der Waals surface area contributed by atoms with E-state index in [1.807, 2.05) is 11.4 Å². The SMILES string of the molecule is O=c1[nH]c(CNC2CCCCC2)nc2ccsc12. The highest BCUT2D eigenvalue weighted by atomic mass is 32.1. The summed E-state index contributed by atoms with van der Waals surface area (Å²) in [5.41, 5.74) is 0.791. The first-order valence-electron chi connectivity index (χ1n) is 6.53. The van der Waals surface area contributed by atoms with E-state index in [2.05, 4.69) is 15.3 Å². The Morgan fingerprint density at radius 3 is 3.06 bits per heavy atom. The van der Waals surface area contributed by atoms with Crippen molar-refractivity contribution in [1.29, 1.82) is 0 Å². The molecule has 3 rings (SSSR count). The van der Waals surface area contributed by atoms with Crippen LogP contribution in [-0.4, -0.2) is 16.0 Å². The van der Waals surface area contributed by atoms with Crippen molar-refractivity contribution in [2.24, 2.45) is 0 Å². The number of nitrogens with zero attached hydrogens (tertiary/aromatic N) is 1. The number of nitrogens with one attached hydrogen (secondary N) is 2. The summed E-state index contributed by atoms with van der Waals surface area (Å²) in [7, 11) is 0. The highest BCUT2D eigenvalue weighted by Crippen LogP contribution is 2.18. The van der Waals surface area contributed by atoms with Gasteiger partial charge in [0.2, 0.25) is 0 Å². The molecule has 2 aromatic heterocycles. The highest BCUT2D eigenvalue weighted by molar-refractivity contribution is 7.17. The minimum atomic E-state index is -0.0181. The molecular formula is C13H17N3OS. The molecule has 1 saturated carbocycles. The lowest BCUT2D eigenvalue weighted by molar-refractivity contribution is 0.369. The number of H-pyrrole nitrogens is 1. The minimum absolute atomic E-state index is 0.0181. The Morgan fingerprint density at radius 2 is 2.22 bits per heavy atom. The van der Waals surface area contributed by atoms with Gasteiger partial charge in [-0.2, -0.15) is 0 Å². The Labute approximate surface area is 109 Å². The van der Waals surface area contributed by atoms with Crippen molar-refractivity contribution in [3.8, 4) is 0 Å². The Bertz CT molecular complexity index is 583. The second-order valence-electron chi connectivity index (χ2n) is 4.86. The van der Waals surface area contributed by atoms with Gasteiger partial charge in [-0.05, 0) is 24.3 Å². The Morgan fingerprint density at radius 1 is 1.39 bits per heavy atom. The number of thiophene rings is 1. The molecule has 2 heterocycles. The maximum Gasteiger partial charge on any atom is 0.268 e. The zero-order valence-corrected chi connectivity index (χ0v) is 11.1. The third kappa shape index (κ3) is 2.47. The third-order valence-corrected chi connectivity index (χ3v) is 4.43. The van der Waals surface area contributed by atoms with Crippen LogP contribution in [0.15, 0.2) is 16.2 Å². The van der Waals surface area contributed by atoms with E-state index in [-0.39, 0.29) is 5.56 Å². The van der Waals surface area contributed by atoms with Crippen LogP contribution >= 0.6 is 11.3 Å². The molecule has 0 atom stereocenters. The molecule has 4 nitrogen and oxygen atoms in total. The standard InChI is InChI=1S/C13H17N3OS/c17-13-12-10(6-7-18-12)15-11(16-13)8-14-9-4-2-1-3-5-9/h6-7,9,14H,1-5,8H2,(H,15,16,17). The van der Waals surface area contributed by atoms with E-state index >= 15 is 0 Å². The molecule has 2 aromatic rings. The summed E-state index contributed by atoms with van der Waals surface area (Å²) in [6.45, 7) is 0.658. The van der Waals surface area contributed by atoms with Gasteiger partial charge < -0.3 is 10.3 Å². The lowest BCUT2D eigenvalue weighted by atomic mass is 9.95. The summed E-state index contributed by atoms with van der Waals surface area (Å²) < 4.78 is 0.719. The van der Waals surface area contributed by atoms with Crippen molar-refractivity contribution in [3.63, 3.8) is 0 Å². The molecule has 0 amide bonds. The van der Waals surface area contributed by atoms with Gasteiger partial charge in [-0.15, -0.1) is 11.3 Å². The minimum Gasteiger partial charge on any atom is -0.308 e. The number of aromatic amines is 1. The quantitative estimate of drug-likeness (QED) is 0.894. The van der Waals surface area contributed by atoms with Crippen molar-refractivity contribution in [2.75, 3.05) is 0 Å². The number of hydrogen-bond donors (Lipinski definition) is 2. The van der Waals surface area contributed by atoms with Crippen LogP contribution in [-0.2, 0) is 6.54 Å². The molecule has 0 saturated heterocycles. The first-order chi connectivity index (χ1) is 8.83. The fourth-order valence-electron chi connectivity index (χ4n) is 2.55. The lowest BCUT2D eigenvalue weighted by Gasteiger charge is -2.22. The molecular weight excluding hydrogens is 246 g/mol. The zero-order valence-electron chi connectivity index (χ0n) is 10.2. The van der Waals surface area contributed by atoms with Gasteiger partial charge in [0.1, 0.15) is 10.5 Å². The van der Waals surface area contributed by atoms with Crippen molar-refractivity contribution in [2.45, 2.75) is 44.7 Å². The molecule has 0 bridgehead atoms. The molecule has 0 radical (unpaired) electrons. The van der Waals surface area contributed by atoms with Gasteiger partial charge in [-0.3, -0.25) is 4.79 Å². The second-order valence-corrected chi connectivity index (χ2v) is 5.78. The Hall–Kier alpha value is -1.20. The normalized spacial score (nSPS) is 17.3. The first kappa shape index (κ1) is 11.9. The van der Waals surface area contributed by atoms with E-state index < -0.39 is 0 Å². The van der Waals surface area contributed by atoms with Crippen LogP contribution in [0.25, 0.3) is 10.2 Å². The summed E-state index contributed by atoms with van der Waals surface area (Å²) in [6.07, 6.45) is 6.46. The van der Waals surface area contributed by atoms with E-state index in [1.165, 1.54) is 43.4 Å². The summed E-state index contributed by atoms with van der Waals surface area (Å²) in [6, 6.07) is 2.49. The lowest BCUT2D eigenvalue weighted by Crippen LogP contribution is -2.31. The van der Waals surface area contributed by atoms with Crippen molar-refractivity contribution in [1.82, 2.24) is 15.3 Å². The summed E-state index contributed by atoms with van der Waals surface area (Å²) in [5.74, 6) is 0.747. The predicted octanol–water partition coefficient (Wildman–Crippen LogP) is 2.41. The number of aromatic nitrogens is 2. The van der Waals surface area contributed by atoms with Crippen LogP contribution in [0.1, 0.15) is 37.9 Å². The fraction of sp³-hybridized carbons (Fsp3) is 0.538. The maximum absolute atomic E-state index is 11.8. The van der Waals surface area contributed by atoms with E-state index in [0.717, 1.165) is 16.0 Å². The topological polar surface area (TPSA) is 57.8 Å². The molecule has 2 N–H and O–H groups in total. The van der Waals surface area contributed by atoms with Gasteiger partial charge in [0.05, 0.1) is 12.1 Å².